The number of nitrogens with one attached hydrogen (secondary N) is 1. The molecule has 4 N–H and O–H groups in total. The molecule has 16 heavy (non-hydrogen) atoms. The number of nitrogens with two attached hydrogens (primary N) is 1. The molecule has 0 fully saturated rings. The second kappa shape index (κ2) is 8.04. The van der Waals surface area contributed by atoms with E-state index < -0.39 is 0 Å². The minimum atomic E-state index is 0.0140. The van der Waals surface area contributed by atoms with Crippen molar-refractivity contribution in [3.63, 3.8) is 0 Å². The Labute approximate surface area is 101 Å². The number of aliphatic hydroxyl groups is 1. The summed E-state index contributed by atoms with van der Waals surface area (Å²) < 4.78 is 0. The summed E-state index contributed by atoms with van der Waals surface area (Å²) in [7, 11) is 0. The van der Waals surface area contributed by atoms with Crippen LogP contribution in [0.5, 0.6) is 0 Å². The Balaban J connectivity index is 4.21. The highest BCUT2D eigenvalue weighted by atomic mass is 16.3. The lowest BCUT2D eigenvalue weighted by atomic mass is 9.90. The fraction of sp³-hybridized carbons (Fsp3) is 1.00. The molecule has 0 aliphatic carbocycles. The summed E-state index contributed by atoms with van der Waals surface area (Å²) in [5.74, 6) is 0.714. The van der Waals surface area contributed by atoms with Gasteiger partial charge < -0.3 is 16.2 Å². The maximum atomic E-state index is 8.98. The molecule has 0 aliphatic heterocycles. The number of hydrogen-bond donors (Lipinski definition) is 3. The Morgan fingerprint density at radius 3 is 2.31 bits per heavy atom. The van der Waals surface area contributed by atoms with Crippen LogP contribution in [-0.4, -0.2) is 29.8 Å². The smallest absolute Gasteiger partial charge is 0.0445 e. The van der Waals surface area contributed by atoms with E-state index in [1.54, 1.807) is 0 Å². The Kier molecular flexibility index (Phi) is 7.98. The first-order valence-electron chi connectivity index (χ1n) is 6.56. The van der Waals surface area contributed by atoms with Crippen molar-refractivity contribution >= 4 is 0 Å². The second-order valence-electron chi connectivity index (χ2n) is 5.46. The van der Waals surface area contributed by atoms with E-state index in [2.05, 4.69) is 33.0 Å². The molecule has 0 saturated heterocycles. The fourth-order valence-electron chi connectivity index (χ4n) is 1.87. The van der Waals surface area contributed by atoms with E-state index in [-0.39, 0.29) is 12.1 Å². The molecule has 0 heterocycles. The van der Waals surface area contributed by atoms with Crippen LogP contribution >= 0.6 is 0 Å². The van der Waals surface area contributed by atoms with Gasteiger partial charge in [-0.1, -0.05) is 20.8 Å². The zero-order valence-corrected chi connectivity index (χ0v) is 11.4. The van der Waals surface area contributed by atoms with Gasteiger partial charge in [-0.15, -0.1) is 0 Å². The van der Waals surface area contributed by atoms with Crippen LogP contribution in [0.2, 0.25) is 0 Å². The van der Waals surface area contributed by atoms with E-state index in [9.17, 15) is 0 Å². The third-order valence-corrected chi connectivity index (χ3v) is 3.25. The van der Waals surface area contributed by atoms with E-state index in [1.807, 2.05) is 0 Å². The third-order valence-electron chi connectivity index (χ3n) is 3.25. The minimum Gasteiger partial charge on any atom is -0.396 e. The van der Waals surface area contributed by atoms with Gasteiger partial charge in [0.25, 0.3) is 0 Å². The van der Waals surface area contributed by atoms with Gasteiger partial charge in [0.05, 0.1) is 0 Å². The molecular formula is C13H30N2O. The van der Waals surface area contributed by atoms with Crippen molar-refractivity contribution in [3.05, 3.63) is 0 Å². The summed E-state index contributed by atoms with van der Waals surface area (Å²) in [6.45, 7) is 9.71. The van der Waals surface area contributed by atoms with E-state index in [4.69, 9.17) is 10.8 Å². The molecule has 0 aromatic heterocycles. The molecule has 3 nitrogen and oxygen atoms in total. The van der Waals surface area contributed by atoms with Crippen molar-refractivity contribution in [1.29, 1.82) is 0 Å². The molecule has 0 aliphatic rings. The fourth-order valence-corrected chi connectivity index (χ4v) is 1.87. The zero-order chi connectivity index (χ0) is 12.6. The number of rotatable bonds is 9. The Morgan fingerprint density at radius 1 is 1.31 bits per heavy atom. The van der Waals surface area contributed by atoms with Crippen LogP contribution in [0.3, 0.4) is 0 Å². The normalized spacial score (nSPS) is 17.4. The number of hydrogen-bond acceptors (Lipinski definition) is 3. The highest BCUT2D eigenvalue weighted by Gasteiger charge is 2.24. The SMILES string of the molecule is CCC(CCO)NC(C)(CN)CCC(C)C. The summed E-state index contributed by atoms with van der Waals surface area (Å²) >= 11 is 0. The Hall–Kier alpha value is -0.120. The lowest BCUT2D eigenvalue weighted by Crippen LogP contribution is -2.53. The van der Waals surface area contributed by atoms with Gasteiger partial charge in [0, 0.05) is 24.7 Å². The molecule has 2 atom stereocenters. The third kappa shape index (κ3) is 6.46. The molecular weight excluding hydrogens is 200 g/mol. The standard InChI is InChI=1S/C13H30N2O/c1-5-12(7-9-16)15-13(4,10-14)8-6-11(2)3/h11-12,15-16H,5-10,14H2,1-4H3. The summed E-state index contributed by atoms with van der Waals surface area (Å²) in [4.78, 5) is 0. The molecule has 2 unspecified atom stereocenters. The predicted molar refractivity (Wildman–Crippen MR) is 70.4 cm³/mol. The summed E-state index contributed by atoms with van der Waals surface area (Å²) in [5.41, 5.74) is 5.88. The van der Waals surface area contributed by atoms with Crippen molar-refractivity contribution in [1.82, 2.24) is 5.32 Å². The first kappa shape index (κ1) is 15.9. The van der Waals surface area contributed by atoms with Gasteiger partial charge >= 0.3 is 0 Å². The van der Waals surface area contributed by atoms with Crippen molar-refractivity contribution in [2.75, 3.05) is 13.2 Å². The van der Waals surface area contributed by atoms with Crippen LogP contribution in [0.1, 0.15) is 53.4 Å². The van der Waals surface area contributed by atoms with Crippen molar-refractivity contribution < 1.29 is 5.11 Å². The topological polar surface area (TPSA) is 58.3 Å². The van der Waals surface area contributed by atoms with Crippen LogP contribution in [0.15, 0.2) is 0 Å². The molecule has 0 spiro atoms. The number of aliphatic hydroxyl groups excluding tert-OH is 1. The molecule has 0 aromatic rings. The van der Waals surface area contributed by atoms with Gasteiger partial charge in [0.15, 0.2) is 0 Å². The molecule has 0 saturated carbocycles. The van der Waals surface area contributed by atoms with Crippen LogP contribution in [0.25, 0.3) is 0 Å². The summed E-state index contributed by atoms with van der Waals surface area (Å²) in [6.07, 6.45) is 4.14. The average molecular weight is 230 g/mol. The molecule has 98 valence electrons. The maximum Gasteiger partial charge on any atom is 0.0445 e. The monoisotopic (exact) mass is 230 g/mol. The summed E-state index contributed by atoms with van der Waals surface area (Å²) in [5, 5.41) is 12.6. The van der Waals surface area contributed by atoms with Gasteiger partial charge in [0.1, 0.15) is 0 Å². The van der Waals surface area contributed by atoms with Gasteiger partial charge in [-0.05, 0) is 38.5 Å². The molecule has 0 aromatic carbocycles. The van der Waals surface area contributed by atoms with E-state index in [1.165, 1.54) is 6.42 Å². The molecule has 3 heteroatoms. The lowest BCUT2D eigenvalue weighted by molar-refractivity contribution is 0.222. The minimum absolute atomic E-state index is 0.0140. The van der Waals surface area contributed by atoms with Crippen LogP contribution in [0.4, 0.5) is 0 Å². The predicted octanol–water partition coefficient (Wildman–Crippen LogP) is 1.89. The van der Waals surface area contributed by atoms with Crippen LogP contribution in [0, 0.1) is 5.92 Å². The highest BCUT2D eigenvalue weighted by molar-refractivity contribution is 4.87. The molecule has 0 radical (unpaired) electrons. The molecule has 0 bridgehead atoms. The van der Waals surface area contributed by atoms with Gasteiger partial charge in [0.2, 0.25) is 0 Å². The van der Waals surface area contributed by atoms with Crippen molar-refractivity contribution in [3.8, 4) is 0 Å². The van der Waals surface area contributed by atoms with E-state index >= 15 is 0 Å². The van der Waals surface area contributed by atoms with E-state index in [0.717, 1.165) is 19.3 Å². The Morgan fingerprint density at radius 2 is 1.94 bits per heavy atom. The largest absolute Gasteiger partial charge is 0.396 e. The van der Waals surface area contributed by atoms with Crippen LogP contribution in [-0.2, 0) is 0 Å². The van der Waals surface area contributed by atoms with Gasteiger partial charge in [-0.2, -0.15) is 0 Å². The Bertz CT molecular complexity index is 173. The summed E-state index contributed by atoms with van der Waals surface area (Å²) in [6, 6.07) is 0.380. The first-order valence-corrected chi connectivity index (χ1v) is 6.56. The molecule has 0 amide bonds. The first-order chi connectivity index (χ1) is 7.47. The van der Waals surface area contributed by atoms with Crippen molar-refractivity contribution in [2.45, 2.75) is 65.0 Å². The van der Waals surface area contributed by atoms with E-state index in [0.29, 0.717) is 18.5 Å². The van der Waals surface area contributed by atoms with Gasteiger partial charge in [-0.25, -0.2) is 0 Å². The molecule has 0 rings (SSSR count). The van der Waals surface area contributed by atoms with Gasteiger partial charge in [-0.3, -0.25) is 0 Å². The average Bonchev–Trinajstić information content (AvgIpc) is 2.26. The maximum absolute atomic E-state index is 8.98. The second-order valence-corrected chi connectivity index (χ2v) is 5.46. The van der Waals surface area contributed by atoms with Crippen molar-refractivity contribution in [2.24, 2.45) is 11.7 Å². The zero-order valence-electron chi connectivity index (χ0n) is 11.4. The highest BCUT2D eigenvalue weighted by Crippen LogP contribution is 2.17. The van der Waals surface area contributed by atoms with Crippen LogP contribution < -0.4 is 11.1 Å². The quantitative estimate of drug-likeness (QED) is 0.567. The lowest BCUT2D eigenvalue weighted by Gasteiger charge is -2.34.